The van der Waals surface area contributed by atoms with E-state index in [4.69, 9.17) is 0 Å². The second-order valence-electron chi connectivity index (χ2n) is 7.15. The number of amides is 1. The van der Waals surface area contributed by atoms with Gasteiger partial charge in [0.15, 0.2) is 0 Å². The monoisotopic (exact) mass is 288 g/mol. The second kappa shape index (κ2) is 4.83. The Morgan fingerprint density at radius 2 is 2.14 bits per heavy atom. The molecule has 1 aromatic rings. The molecule has 1 aliphatic carbocycles. The molecular formula is C16H24N4O. The molecular weight excluding hydrogens is 264 g/mol. The first-order valence-corrected chi connectivity index (χ1v) is 8.16. The lowest BCUT2D eigenvalue weighted by Crippen LogP contribution is -2.53. The molecule has 0 radical (unpaired) electrons. The molecule has 21 heavy (non-hydrogen) atoms. The summed E-state index contributed by atoms with van der Waals surface area (Å²) in [5, 5.41) is 7.61. The highest BCUT2D eigenvalue weighted by atomic mass is 16.2. The maximum atomic E-state index is 12.0. The Hall–Kier alpha value is -1.36. The van der Waals surface area contributed by atoms with Gasteiger partial charge in [0.25, 0.3) is 0 Å². The highest BCUT2D eigenvalue weighted by Gasteiger charge is 2.49. The van der Waals surface area contributed by atoms with Gasteiger partial charge in [0.2, 0.25) is 5.91 Å². The number of carbonyl (C=O) groups excluding carboxylic acids is 1. The number of piperidine rings is 1. The van der Waals surface area contributed by atoms with E-state index in [9.17, 15) is 4.79 Å². The van der Waals surface area contributed by atoms with Crippen molar-refractivity contribution in [2.24, 2.45) is 13.0 Å². The molecule has 3 fully saturated rings. The molecule has 1 atom stereocenters. The van der Waals surface area contributed by atoms with Crippen LogP contribution in [0.4, 0.5) is 0 Å². The van der Waals surface area contributed by atoms with Crippen molar-refractivity contribution >= 4 is 5.91 Å². The molecule has 1 N–H and O–H groups in total. The molecule has 1 saturated carbocycles. The van der Waals surface area contributed by atoms with Crippen molar-refractivity contribution < 1.29 is 4.79 Å². The van der Waals surface area contributed by atoms with Crippen LogP contribution in [0.25, 0.3) is 0 Å². The predicted molar refractivity (Wildman–Crippen MR) is 79.8 cm³/mol. The molecule has 1 amide bonds. The summed E-state index contributed by atoms with van der Waals surface area (Å²) in [6.45, 7) is 3.50. The van der Waals surface area contributed by atoms with Gasteiger partial charge < -0.3 is 10.2 Å². The quantitative estimate of drug-likeness (QED) is 0.911. The summed E-state index contributed by atoms with van der Waals surface area (Å²) in [6, 6.07) is 0. The van der Waals surface area contributed by atoms with E-state index in [1.165, 1.54) is 24.9 Å². The average molecular weight is 288 g/mol. The summed E-state index contributed by atoms with van der Waals surface area (Å²) in [6.07, 6.45) is 9.60. The van der Waals surface area contributed by atoms with Crippen LogP contribution in [-0.4, -0.2) is 45.8 Å². The standard InChI is InChI=1S/C16H24N4O/c1-19-11-13(9-17-19)14-8-15(21)18-16(14)4-6-20(7-5-16)10-12-2-3-12/h9,11-12,14H,2-8,10H2,1H3,(H,18,21)/t14-/m0/s1. The largest absolute Gasteiger partial charge is 0.350 e. The lowest BCUT2D eigenvalue weighted by molar-refractivity contribution is -0.120. The molecule has 4 rings (SSSR count). The maximum Gasteiger partial charge on any atom is 0.221 e. The Bertz CT molecular complexity index is 540. The van der Waals surface area contributed by atoms with Gasteiger partial charge >= 0.3 is 0 Å². The van der Waals surface area contributed by atoms with Gasteiger partial charge in [-0.15, -0.1) is 0 Å². The third-order valence-corrected chi connectivity index (χ3v) is 5.53. The summed E-state index contributed by atoms with van der Waals surface area (Å²) >= 11 is 0. The minimum atomic E-state index is -0.0276. The number of nitrogens with one attached hydrogen (secondary N) is 1. The third kappa shape index (κ3) is 2.48. The topological polar surface area (TPSA) is 50.2 Å². The van der Waals surface area contributed by atoms with Crippen molar-refractivity contribution in [2.75, 3.05) is 19.6 Å². The summed E-state index contributed by atoms with van der Waals surface area (Å²) in [5.74, 6) is 1.45. The zero-order valence-electron chi connectivity index (χ0n) is 12.7. The van der Waals surface area contributed by atoms with Crippen molar-refractivity contribution in [3.8, 4) is 0 Å². The minimum absolute atomic E-state index is 0.0276. The fourth-order valence-electron chi connectivity index (χ4n) is 4.13. The molecule has 5 nitrogen and oxygen atoms in total. The first kappa shape index (κ1) is 13.3. The summed E-state index contributed by atoms with van der Waals surface area (Å²) in [5.41, 5.74) is 1.19. The highest BCUT2D eigenvalue weighted by Crippen LogP contribution is 2.43. The molecule has 2 aliphatic heterocycles. The van der Waals surface area contributed by atoms with Crippen LogP contribution < -0.4 is 5.32 Å². The van der Waals surface area contributed by atoms with E-state index in [-0.39, 0.29) is 11.4 Å². The van der Waals surface area contributed by atoms with Crippen molar-refractivity contribution in [1.29, 1.82) is 0 Å². The zero-order valence-corrected chi connectivity index (χ0v) is 12.7. The number of carbonyl (C=O) groups is 1. The Kier molecular flexibility index (Phi) is 3.06. The van der Waals surface area contributed by atoms with E-state index < -0.39 is 0 Å². The first-order chi connectivity index (χ1) is 10.1. The number of nitrogens with zero attached hydrogens (tertiary/aromatic N) is 3. The highest BCUT2D eigenvalue weighted by molar-refractivity contribution is 5.81. The van der Waals surface area contributed by atoms with Gasteiger partial charge in [-0.2, -0.15) is 5.10 Å². The van der Waals surface area contributed by atoms with Gasteiger partial charge in [0.05, 0.1) is 6.20 Å². The number of hydrogen-bond acceptors (Lipinski definition) is 3. The maximum absolute atomic E-state index is 12.0. The van der Waals surface area contributed by atoms with Crippen molar-refractivity contribution in [2.45, 2.75) is 43.6 Å². The van der Waals surface area contributed by atoms with Gasteiger partial charge in [-0.05, 0) is 37.2 Å². The van der Waals surface area contributed by atoms with Crippen molar-refractivity contribution in [3.05, 3.63) is 18.0 Å². The van der Waals surface area contributed by atoms with Crippen molar-refractivity contribution in [1.82, 2.24) is 20.0 Å². The Morgan fingerprint density at radius 3 is 2.76 bits per heavy atom. The Balaban J connectivity index is 1.50. The van der Waals surface area contributed by atoms with E-state index in [0.29, 0.717) is 12.3 Å². The van der Waals surface area contributed by atoms with E-state index >= 15 is 0 Å². The predicted octanol–water partition coefficient (Wildman–Crippen LogP) is 1.27. The molecule has 0 unspecified atom stereocenters. The molecule has 1 aromatic heterocycles. The molecule has 3 aliphatic rings. The second-order valence-corrected chi connectivity index (χ2v) is 7.15. The first-order valence-electron chi connectivity index (χ1n) is 8.16. The van der Waals surface area contributed by atoms with Crippen LogP contribution in [0.2, 0.25) is 0 Å². The molecule has 0 aromatic carbocycles. The van der Waals surface area contributed by atoms with Crippen LogP contribution in [0.15, 0.2) is 12.4 Å². The summed E-state index contributed by atoms with van der Waals surface area (Å²) in [4.78, 5) is 14.6. The fraction of sp³-hybridized carbons (Fsp3) is 0.750. The SMILES string of the molecule is Cn1cc([C@@H]2CC(=O)NC23CCN(CC2CC2)CC3)cn1. The molecule has 114 valence electrons. The van der Waals surface area contributed by atoms with Crippen LogP contribution in [0.3, 0.4) is 0 Å². The van der Waals surface area contributed by atoms with Gasteiger partial charge in [-0.1, -0.05) is 0 Å². The van der Waals surface area contributed by atoms with Gasteiger partial charge in [-0.3, -0.25) is 9.48 Å². The van der Waals surface area contributed by atoms with Gasteiger partial charge in [-0.25, -0.2) is 0 Å². The number of aromatic nitrogens is 2. The number of aryl methyl sites for hydroxylation is 1. The number of likely N-dealkylation sites (tertiary alicyclic amines) is 1. The normalized spacial score (nSPS) is 29.0. The van der Waals surface area contributed by atoms with Crippen LogP contribution >= 0.6 is 0 Å². The molecule has 3 heterocycles. The Morgan fingerprint density at radius 1 is 1.38 bits per heavy atom. The molecule has 1 spiro atoms. The van der Waals surface area contributed by atoms with Gasteiger partial charge in [0, 0.05) is 50.8 Å². The fourth-order valence-corrected chi connectivity index (χ4v) is 4.13. The average Bonchev–Trinajstić information content (AvgIpc) is 3.08. The van der Waals surface area contributed by atoms with Crippen LogP contribution in [0.1, 0.15) is 43.6 Å². The minimum Gasteiger partial charge on any atom is -0.350 e. The molecule has 0 bridgehead atoms. The third-order valence-electron chi connectivity index (χ3n) is 5.53. The Labute approximate surface area is 125 Å². The molecule has 5 heteroatoms. The van der Waals surface area contributed by atoms with Crippen LogP contribution in [0.5, 0.6) is 0 Å². The van der Waals surface area contributed by atoms with Crippen molar-refractivity contribution in [3.63, 3.8) is 0 Å². The summed E-state index contributed by atoms with van der Waals surface area (Å²) < 4.78 is 1.84. The smallest absolute Gasteiger partial charge is 0.221 e. The van der Waals surface area contributed by atoms with Crippen LogP contribution in [0, 0.1) is 5.92 Å². The van der Waals surface area contributed by atoms with Gasteiger partial charge in [0.1, 0.15) is 0 Å². The molecule has 2 saturated heterocycles. The van der Waals surface area contributed by atoms with E-state index in [1.807, 2.05) is 17.9 Å². The van der Waals surface area contributed by atoms with Crippen LogP contribution in [-0.2, 0) is 11.8 Å². The summed E-state index contributed by atoms with van der Waals surface area (Å²) in [7, 11) is 1.94. The lowest BCUT2D eigenvalue weighted by Gasteiger charge is -2.42. The van der Waals surface area contributed by atoms with E-state index in [1.54, 1.807) is 0 Å². The van der Waals surface area contributed by atoms with E-state index in [0.717, 1.165) is 31.8 Å². The number of rotatable bonds is 3. The number of hydrogen-bond donors (Lipinski definition) is 1. The zero-order chi connectivity index (χ0) is 14.4. The van der Waals surface area contributed by atoms with E-state index in [2.05, 4.69) is 21.5 Å². The lowest BCUT2D eigenvalue weighted by atomic mass is 9.75.